The Balaban J connectivity index is 2.00. The summed E-state index contributed by atoms with van der Waals surface area (Å²) in [5.74, 6) is 0.684. The molecule has 1 N–H and O–H groups in total. The molecule has 1 aromatic carbocycles. The van der Waals surface area contributed by atoms with Crippen molar-refractivity contribution >= 4 is 11.6 Å². The maximum absolute atomic E-state index is 5.96. The first-order valence-corrected chi connectivity index (χ1v) is 8.55. The molecule has 2 nitrogen and oxygen atoms in total. The van der Waals surface area contributed by atoms with E-state index in [0.717, 1.165) is 31.1 Å². The number of nitrogens with zero attached hydrogens (tertiary/aromatic N) is 1. The van der Waals surface area contributed by atoms with Crippen molar-refractivity contribution in [2.24, 2.45) is 5.92 Å². The van der Waals surface area contributed by atoms with Gasteiger partial charge >= 0.3 is 0 Å². The Morgan fingerprint density at radius 1 is 1.33 bits per heavy atom. The summed E-state index contributed by atoms with van der Waals surface area (Å²) < 4.78 is 0. The Bertz CT molecular complexity index is 443. The van der Waals surface area contributed by atoms with E-state index >= 15 is 0 Å². The van der Waals surface area contributed by atoms with E-state index in [4.69, 9.17) is 11.6 Å². The predicted molar refractivity (Wildman–Crippen MR) is 92.1 cm³/mol. The van der Waals surface area contributed by atoms with Gasteiger partial charge in [-0.2, -0.15) is 0 Å². The molecule has 1 heterocycles. The number of rotatable bonds is 5. The van der Waals surface area contributed by atoms with Gasteiger partial charge in [-0.05, 0) is 43.4 Å². The van der Waals surface area contributed by atoms with Crippen LogP contribution in [0.3, 0.4) is 0 Å². The van der Waals surface area contributed by atoms with Gasteiger partial charge in [0.2, 0.25) is 0 Å². The largest absolute Gasteiger partial charge is 0.309 e. The first-order chi connectivity index (χ1) is 9.93. The van der Waals surface area contributed by atoms with E-state index in [-0.39, 0.29) is 5.54 Å². The summed E-state index contributed by atoms with van der Waals surface area (Å²) >= 11 is 5.96. The third kappa shape index (κ3) is 4.45. The van der Waals surface area contributed by atoms with Gasteiger partial charge in [-0.1, -0.05) is 44.5 Å². The van der Waals surface area contributed by atoms with Crippen LogP contribution in [-0.2, 0) is 6.42 Å². The summed E-state index contributed by atoms with van der Waals surface area (Å²) in [6.45, 7) is 12.6. The van der Waals surface area contributed by atoms with Crippen LogP contribution in [-0.4, -0.2) is 36.1 Å². The highest BCUT2D eigenvalue weighted by molar-refractivity contribution is 6.30. The minimum Gasteiger partial charge on any atom is -0.309 e. The van der Waals surface area contributed by atoms with E-state index < -0.39 is 0 Å². The quantitative estimate of drug-likeness (QED) is 0.885. The minimum atomic E-state index is 0.255. The van der Waals surface area contributed by atoms with Crippen molar-refractivity contribution in [3.63, 3.8) is 0 Å². The lowest BCUT2D eigenvalue weighted by molar-refractivity contribution is 0.0613. The first kappa shape index (κ1) is 16.8. The maximum Gasteiger partial charge on any atom is 0.0406 e. The second kappa shape index (κ2) is 7.13. The lowest BCUT2D eigenvalue weighted by atomic mass is 9.89. The monoisotopic (exact) mass is 308 g/mol. The van der Waals surface area contributed by atoms with Gasteiger partial charge in [-0.15, -0.1) is 0 Å². The fraction of sp³-hybridized carbons (Fsp3) is 0.667. The summed E-state index contributed by atoms with van der Waals surface area (Å²) in [5, 5.41) is 4.57. The standard InChI is InChI=1S/C18H29ClN2/c1-5-18(4)13-21(17(12-20-18)14(2)3)11-10-15-6-8-16(19)9-7-15/h6-9,14,17,20H,5,10-13H2,1-4H3. The molecule has 118 valence electrons. The lowest BCUT2D eigenvalue weighted by Crippen LogP contribution is -2.64. The van der Waals surface area contributed by atoms with Crippen molar-refractivity contribution < 1.29 is 0 Å². The van der Waals surface area contributed by atoms with Gasteiger partial charge in [-0.3, -0.25) is 4.90 Å². The molecule has 1 aliphatic rings. The zero-order valence-electron chi connectivity index (χ0n) is 13.8. The Kier molecular flexibility index (Phi) is 5.70. The summed E-state index contributed by atoms with van der Waals surface area (Å²) in [6.07, 6.45) is 2.27. The highest BCUT2D eigenvalue weighted by atomic mass is 35.5. The van der Waals surface area contributed by atoms with E-state index in [1.54, 1.807) is 0 Å². The van der Waals surface area contributed by atoms with Crippen molar-refractivity contribution in [3.05, 3.63) is 34.9 Å². The molecule has 1 aliphatic heterocycles. The van der Waals surface area contributed by atoms with Crippen LogP contribution in [0.15, 0.2) is 24.3 Å². The van der Waals surface area contributed by atoms with Gasteiger partial charge in [-0.25, -0.2) is 0 Å². The normalized spacial score (nSPS) is 27.2. The number of nitrogens with one attached hydrogen (secondary N) is 1. The summed E-state index contributed by atoms with van der Waals surface area (Å²) in [6, 6.07) is 8.91. The average molecular weight is 309 g/mol. The fourth-order valence-electron chi connectivity index (χ4n) is 3.16. The van der Waals surface area contributed by atoms with E-state index in [2.05, 4.69) is 50.0 Å². The van der Waals surface area contributed by atoms with Crippen molar-refractivity contribution in [1.82, 2.24) is 10.2 Å². The highest BCUT2D eigenvalue weighted by Gasteiger charge is 2.35. The molecular formula is C18H29ClN2. The molecule has 0 amide bonds. The van der Waals surface area contributed by atoms with Crippen molar-refractivity contribution in [2.45, 2.75) is 52.1 Å². The zero-order chi connectivity index (χ0) is 15.5. The molecule has 2 atom stereocenters. The lowest BCUT2D eigenvalue weighted by Gasteiger charge is -2.47. The third-order valence-corrected chi connectivity index (χ3v) is 5.16. The predicted octanol–water partition coefficient (Wildman–Crippen LogP) is 3.98. The number of hydrogen-bond donors (Lipinski definition) is 1. The van der Waals surface area contributed by atoms with Gasteiger partial charge < -0.3 is 5.32 Å². The van der Waals surface area contributed by atoms with Crippen LogP contribution in [0.5, 0.6) is 0 Å². The Morgan fingerprint density at radius 2 is 2.00 bits per heavy atom. The third-order valence-electron chi connectivity index (χ3n) is 4.91. The second-order valence-corrected chi connectivity index (χ2v) is 7.39. The molecule has 0 bridgehead atoms. The van der Waals surface area contributed by atoms with Gasteiger partial charge in [0.05, 0.1) is 0 Å². The van der Waals surface area contributed by atoms with Crippen LogP contribution in [0.1, 0.15) is 39.7 Å². The molecule has 0 aromatic heterocycles. The van der Waals surface area contributed by atoms with E-state index in [9.17, 15) is 0 Å². The molecule has 0 aliphatic carbocycles. The van der Waals surface area contributed by atoms with Gasteiger partial charge in [0, 0.05) is 36.2 Å². The minimum absolute atomic E-state index is 0.255. The summed E-state index contributed by atoms with van der Waals surface area (Å²) in [5.41, 5.74) is 1.63. The molecule has 0 spiro atoms. The van der Waals surface area contributed by atoms with Crippen molar-refractivity contribution in [1.29, 1.82) is 0 Å². The topological polar surface area (TPSA) is 15.3 Å². The zero-order valence-corrected chi connectivity index (χ0v) is 14.6. The Hall–Kier alpha value is -0.570. The molecule has 3 heteroatoms. The molecular weight excluding hydrogens is 280 g/mol. The van der Waals surface area contributed by atoms with Crippen LogP contribution >= 0.6 is 11.6 Å². The van der Waals surface area contributed by atoms with E-state index in [0.29, 0.717) is 12.0 Å². The fourth-order valence-corrected chi connectivity index (χ4v) is 3.29. The number of benzene rings is 1. The van der Waals surface area contributed by atoms with Gasteiger partial charge in [0.1, 0.15) is 0 Å². The van der Waals surface area contributed by atoms with E-state index in [1.165, 1.54) is 12.0 Å². The first-order valence-electron chi connectivity index (χ1n) is 8.17. The van der Waals surface area contributed by atoms with E-state index in [1.807, 2.05) is 12.1 Å². The molecule has 1 aromatic rings. The SMILES string of the molecule is CCC1(C)CN(CCc2ccc(Cl)cc2)C(C(C)C)CN1. The number of hydrogen-bond acceptors (Lipinski definition) is 2. The molecule has 0 radical (unpaired) electrons. The van der Waals surface area contributed by atoms with Gasteiger partial charge in [0.25, 0.3) is 0 Å². The van der Waals surface area contributed by atoms with Crippen molar-refractivity contribution in [2.75, 3.05) is 19.6 Å². The van der Waals surface area contributed by atoms with Crippen LogP contribution in [0.25, 0.3) is 0 Å². The smallest absolute Gasteiger partial charge is 0.0406 e. The molecule has 21 heavy (non-hydrogen) atoms. The van der Waals surface area contributed by atoms with Crippen LogP contribution in [0.4, 0.5) is 0 Å². The van der Waals surface area contributed by atoms with Gasteiger partial charge in [0.15, 0.2) is 0 Å². The maximum atomic E-state index is 5.96. The van der Waals surface area contributed by atoms with Crippen LogP contribution in [0, 0.1) is 5.92 Å². The highest BCUT2D eigenvalue weighted by Crippen LogP contribution is 2.23. The Labute approximate surface area is 134 Å². The van der Waals surface area contributed by atoms with Crippen molar-refractivity contribution in [3.8, 4) is 0 Å². The molecule has 1 fully saturated rings. The average Bonchev–Trinajstić information content (AvgIpc) is 2.46. The molecule has 2 unspecified atom stereocenters. The number of halogens is 1. The Morgan fingerprint density at radius 3 is 2.57 bits per heavy atom. The summed E-state index contributed by atoms with van der Waals surface area (Å²) in [4.78, 5) is 2.68. The second-order valence-electron chi connectivity index (χ2n) is 6.95. The summed E-state index contributed by atoms with van der Waals surface area (Å²) in [7, 11) is 0. The van der Waals surface area contributed by atoms with Crippen LogP contribution in [0.2, 0.25) is 5.02 Å². The van der Waals surface area contributed by atoms with Crippen LogP contribution < -0.4 is 5.32 Å². The number of piperazine rings is 1. The molecule has 0 saturated carbocycles. The molecule has 1 saturated heterocycles. The molecule has 2 rings (SSSR count).